The summed E-state index contributed by atoms with van der Waals surface area (Å²) in [7, 11) is 0.581. The van der Waals surface area contributed by atoms with Crippen LogP contribution in [0.3, 0.4) is 0 Å². The van der Waals surface area contributed by atoms with E-state index < -0.39 is 8.07 Å². The molecule has 0 aliphatic carbocycles. The van der Waals surface area contributed by atoms with Gasteiger partial charge in [0.2, 0.25) is 0 Å². The van der Waals surface area contributed by atoms with E-state index in [1.54, 1.807) is 7.11 Å². The highest BCUT2D eigenvalue weighted by Crippen LogP contribution is 2.37. The van der Waals surface area contributed by atoms with Crippen molar-refractivity contribution in [3.63, 3.8) is 0 Å². The maximum absolute atomic E-state index is 5.17. The average Bonchev–Trinajstić information content (AvgIpc) is 2.18. The second kappa shape index (κ2) is 5.73. The molecule has 0 aliphatic heterocycles. The molecular formula is C12H20OSSi. The summed E-state index contributed by atoms with van der Waals surface area (Å²) in [6.07, 6.45) is 0. The van der Waals surface area contributed by atoms with Crippen LogP contribution in [0.25, 0.3) is 0 Å². The quantitative estimate of drug-likeness (QED) is 0.569. The topological polar surface area (TPSA) is 9.23 Å². The SMILES string of the molecule is COCSC(c1ccccc1)[Si](C)(C)C. The standard InChI is InChI=1S/C12H20OSSi/c1-13-10-14-12(15(2,3)4)11-8-6-5-7-9-11/h5-9,12H,10H2,1-4H3. The van der Waals surface area contributed by atoms with Gasteiger partial charge in [-0.25, -0.2) is 0 Å². The van der Waals surface area contributed by atoms with Crippen molar-refractivity contribution in [1.82, 2.24) is 0 Å². The summed E-state index contributed by atoms with van der Waals surface area (Å²) in [5.74, 6) is 0.782. The van der Waals surface area contributed by atoms with Gasteiger partial charge in [0.05, 0.1) is 14.0 Å². The highest BCUT2D eigenvalue weighted by atomic mass is 32.2. The Morgan fingerprint density at radius 3 is 2.27 bits per heavy atom. The Morgan fingerprint density at radius 2 is 1.80 bits per heavy atom. The Bertz CT molecular complexity index is 281. The van der Waals surface area contributed by atoms with Gasteiger partial charge in [0, 0.05) is 12.0 Å². The van der Waals surface area contributed by atoms with Crippen molar-refractivity contribution in [1.29, 1.82) is 0 Å². The summed E-state index contributed by atoms with van der Waals surface area (Å²) in [6, 6.07) is 10.8. The fourth-order valence-electron chi connectivity index (χ4n) is 1.61. The lowest BCUT2D eigenvalue weighted by Gasteiger charge is -2.28. The molecule has 3 heteroatoms. The summed E-state index contributed by atoms with van der Waals surface area (Å²) in [6.45, 7) is 7.23. The normalized spacial score (nSPS) is 13.9. The van der Waals surface area contributed by atoms with Crippen LogP contribution in [-0.4, -0.2) is 21.1 Å². The van der Waals surface area contributed by atoms with E-state index in [0.717, 1.165) is 5.94 Å². The highest BCUT2D eigenvalue weighted by Gasteiger charge is 2.28. The zero-order chi connectivity index (χ0) is 11.3. The average molecular weight is 240 g/mol. The fraction of sp³-hybridized carbons (Fsp3) is 0.500. The Balaban J connectivity index is 2.82. The first-order valence-electron chi connectivity index (χ1n) is 5.21. The van der Waals surface area contributed by atoms with Crippen LogP contribution in [-0.2, 0) is 4.74 Å². The van der Waals surface area contributed by atoms with Gasteiger partial charge in [-0.05, 0) is 5.56 Å². The molecule has 0 fully saturated rings. The second-order valence-corrected chi connectivity index (χ2v) is 11.5. The molecule has 1 aromatic rings. The van der Waals surface area contributed by atoms with E-state index in [1.165, 1.54) is 5.56 Å². The third kappa shape index (κ3) is 4.01. The lowest BCUT2D eigenvalue weighted by atomic mass is 10.2. The van der Waals surface area contributed by atoms with Crippen LogP contribution in [0.15, 0.2) is 30.3 Å². The largest absolute Gasteiger partial charge is 0.374 e. The number of methoxy groups -OCH3 is 1. The molecule has 0 aromatic heterocycles. The number of hydrogen-bond acceptors (Lipinski definition) is 2. The number of ether oxygens (including phenoxy) is 1. The number of thioether (sulfide) groups is 1. The number of hydrogen-bond donors (Lipinski definition) is 0. The van der Waals surface area contributed by atoms with Gasteiger partial charge in [-0.15, -0.1) is 11.8 Å². The van der Waals surface area contributed by atoms with Crippen molar-refractivity contribution in [3.8, 4) is 0 Å². The van der Waals surface area contributed by atoms with Gasteiger partial charge in [-0.2, -0.15) is 0 Å². The molecule has 1 nitrogen and oxygen atoms in total. The third-order valence-corrected chi connectivity index (χ3v) is 7.75. The molecule has 0 saturated heterocycles. The molecule has 0 amide bonds. The van der Waals surface area contributed by atoms with Crippen molar-refractivity contribution in [2.45, 2.75) is 24.5 Å². The first-order chi connectivity index (χ1) is 7.05. The van der Waals surface area contributed by atoms with Crippen LogP contribution in [0.2, 0.25) is 19.6 Å². The Morgan fingerprint density at radius 1 is 1.20 bits per heavy atom. The highest BCUT2D eigenvalue weighted by molar-refractivity contribution is 8.01. The third-order valence-electron chi connectivity index (χ3n) is 2.24. The fourth-order valence-corrected chi connectivity index (χ4v) is 5.63. The van der Waals surface area contributed by atoms with Gasteiger partial charge in [0.1, 0.15) is 0 Å². The van der Waals surface area contributed by atoms with Gasteiger partial charge in [-0.1, -0.05) is 50.0 Å². The maximum Gasteiger partial charge on any atom is 0.0920 e. The molecule has 15 heavy (non-hydrogen) atoms. The summed E-state index contributed by atoms with van der Waals surface area (Å²) in [4.78, 5) is 0.624. The minimum atomic E-state index is -1.18. The van der Waals surface area contributed by atoms with E-state index in [2.05, 4.69) is 50.0 Å². The van der Waals surface area contributed by atoms with Crippen LogP contribution < -0.4 is 0 Å². The monoisotopic (exact) mass is 240 g/mol. The van der Waals surface area contributed by atoms with E-state index in [0.29, 0.717) is 4.87 Å². The minimum Gasteiger partial charge on any atom is -0.374 e. The first-order valence-corrected chi connectivity index (χ1v) is 9.84. The van der Waals surface area contributed by atoms with Crippen LogP contribution in [0.1, 0.15) is 10.4 Å². The van der Waals surface area contributed by atoms with Crippen molar-refractivity contribution < 1.29 is 4.74 Å². The Hall–Kier alpha value is -0.253. The lowest BCUT2D eigenvalue weighted by molar-refractivity contribution is 0.258. The van der Waals surface area contributed by atoms with E-state index in [1.807, 2.05) is 11.8 Å². The molecule has 0 radical (unpaired) electrons. The summed E-state index contributed by atoms with van der Waals surface area (Å²) >= 11 is 1.92. The van der Waals surface area contributed by atoms with E-state index in [4.69, 9.17) is 4.74 Å². The lowest BCUT2D eigenvalue weighted by Crippen LogP contribution is -2.29. The van der Waals surface area contributed by atoms with Gasteiger partial charge in [0.15, 0.2) is 0 Å². The van der Waals surface area contributed by atoms with Crippen molar-refractivity contribution in [2.75, 3.05) is 13.0 Å². The molecule has 1 atom stereocenters. The molecule has 0 heterocycles. The van der Waals surface area contributed by atoms with Crippen LogP contribution in [0.4, 0.5) is 0 Å². The Labute approximate surface area is 98.2 Å². The predicted molar refractivity (Wildman–Crippen MR) is 72.0 cm³/mol. The van der Waals surface area contributed by atoms with Gasteiger partial charge in [-0.3, -0.25) is 0 Å². The molecule has 84 valence electrons. The summed E-state index contributed by atoms with van der Waals surface area (Å²) < 4.78 is 5.17. The molecule has 0 bridgehead atoms. The maximum atomic E-state index is 5.17. The molecule has 0 saturated carbocycles. The predicted octanol–water partition coefficient (Wildman–Crippen LogP) is 3.94. The van der Waals surface area contributed by atoms with Gasteiger partial charge >= 0.3 is 0 Å². The van der Waals surface area contributed by atoms with Crippen molar-refractivity contribution in [2.24, 2.45) is 0 Å². The van der Waals surface area contributed by atoms with Crippen LogP contribution >= 0.6 is 11.8 Å². The van der Waals surface area contributed by atoms with E-state index in [-0.39, 0.29) is 0 Å². The van der Waals surface area contributed by atoms with Crippen LogP contribution in [0, 0.1) is 0 Å². The van der Waals surface area contributed by atoms with Crippen molar-refractivity contribution >= 4 is 19.8 Å². The zero-order valence-corrected chi connectivity index (χ0v) is 11.8. The Kier molecular flexibility index (Phi) is 4.89. The molecule has 0 aliphatic rings. The molecular weight excluding hydrogens is 220 g/mol. The first kappa shape index (κ1) is 12.8. The molecule has 1 aromatic carbocycles. The number of rotatable bonds is 5. The van der Waals surface area contributed by atoms with Crippen molar-refractivity contribution in [3.05, 3.63) is 35.9 Å². The van der Waals surface area contributed by atoms with E-state index >= 15 is 0 Å². The molecule has 0 N–H and O–H groups in total. The summed E-state index contributed by atoms with van der Waals surface area (Å²) in [5.41, 5.74) is 1.44. The van der Waals surface area contributed by atoms with E-state index in [9.17, 15) is 0 Å². The van der Waals surface area contributed by atoms with Crippen LogP contribution in [0.5, 0.6) is 0 Å². The summed E-state index contributed by atoms with van der Waals surface area (Å²) in [5, 5.41) is 0. The smallest absolute Gasteiger partial charge is 0.0920 e. The number of benzene rings is 1. The molecule has 1 unspecified atom stereocenters. The second-order valence-electron chi connectivity index (χ2n) is 4.73. The zero-order valence-electron chi connectivity index (χ0n) is 9.99. The van der Waals surface area contributed by atoms with Gasteiger partial charge in [0.25, 0.3) is 0 Å². The molecule has 0 spiro atoms. The van der Waals surface area contributed by atoms with Gasteiger partial charge < -0.3 is 4.74 Å². The molecule has 1 rings (SSSR count). The minimum absolute atomic E-state index is 0.624.